The minimum atomic E-state index is -0.0608. The Kier molecular flexibility index (Phi) is 7.72. The van der Waals surface area contributed by atoms with Gasteiger partial charge in [-0.15, -0.1) is 0 Å². The first kappa shape index (κ1) is 21.4. The summed E-state index contributed by atoms with van der Waals surface area (Å²) in [6.45, 7) is 8.73. The monoisotopic (exact) mass is 399 g/mol. The highest BCUT2D eigenvalue weighted by Crippen LogP contribution is 2.23. The molecule has 2 heterocycles. The van der Waals surface area contributed by atoms with Gasteiger partial charge in [-0.1, -0.05) is 13.3 Å². The maximum atomic E-state index is 12.7. The molecule has 6 nitrogen and oxygen atoms in total. The number of aryl methyl sites for hydroxylation is 1. The van der Waals surface area contributed by atoms with Gasteiger partial charge in [0, 0.05) is 44.5 Å². The molecule has 3 rings (SSSR count). The molecule has 0 aliphatic carbocycles. The molecule has 1 N–H and O–H groups in total. The lowest BCUT2D eigenvalue weighted by Crippen LogP contribution is -2.43. The normalized spacial score (nSPS) is 15.8. The van der Waals surface area contributed by atoms with E-state index in [0.29, 0.717) is 25.3 Å². The molecule has 158 valence electrons. The molecule has 1 aromatic heterocycles. The molecular formula is C23H33N3O3. The Balaban J connectivity index is 1.62. The second-order valence-electron chi connectivity index (χ2n) is 7.64. The molecule has 1 atom stereocenters. The van der Waals surface area contributed by atoms with Gasteiger partial charge in [0.1, 0.15) is 11.5 Å². The Morgan fingerprint density at radius 3 is 2.52 bits per heavy atom. The Hall–Kier alpha value is -2.31. The van der Waals surface area contributed by atoms with Crippen molar-refractivity contribution in [2.24, 2.45) is 0 Å². The van der Waals surface area contributed by atoms with Crippen molar-refractivity contribution in [1.29, 1.82) is 0 Å². The number of nitrogens with one attached hydrogen (secondary N) is 1. The summed E-state index contributed by atoms with van der Waals surface area (Å²) in [5.41, 5.74) is 1.81. The van der Waals surface area contributed by atoms with Gasteiger partial charge in [-0.25, -0.2) is 0 Å². The van der Waals surface area contributed by atoms with E-state index in [0.717, 1.165) is 43.3 Å². The van der Waals surface area contributed by atoms with Crippen LogP contribution in [0, 0.1) is 6.92 Å². The number of hydrogen-bond donors (Lipinski definition) is 1. The minimum absolute atomic E-state index is 0.0102. The van der Waals surface area contributed by atoms with E-state index in [1.165, 1.54) is 6.42 Å². The molecule has 1 saturated heterocycles. The predicted octanol–water partition coefficient (Wildman–Crippen LogP) is 3.63. The molecule has 2 aromatic rings. The Bertz CT molecular complexity index is 766. The maximum absolute atomic E-state index is 12.7. The lowest BCUT2D eigenvalue weighted by Gasteiger charge is -2.33. The molecular weight excluding hydrogens is 366 g/mol. The van der Waals surface area contributed by atoms with Gasteiger partial charge < -0.3 is 19.4 Å². The number of morpholine rings is 1. The first-order valence-corrected chi connectivity index (χ1v) is 10.6. The molecule has 1 aliphatic heterocycles. The lowest BCUT2D eigenvalue weighted by atomic mass is 10.1. The summed E-state index contributed by atoms with van der Waals surface area (Å²) in [5.74, 6) is 1.71. The van der Waals surface area contributed by atoms with Crippen LogP contribution in [0.15, 0.2) is 40.8 Å². The van der Waals surface area contributed by atoms with E-state index < -0.39 is 0 Å². The van der Waals surface area contributed by atoms with Crippen LogP contribution in [0.4, 0.5) is 5.69 Å². The van der Waals surface area contributed by atoms with Gasteiger partial charge >= 0.3 is 0 Å². The van der Waals surface area contributed by atoms with Gasteiger partial charge in [0.2, 0.25) is 0 Å². The number of rotatable bonds is 9. The van der Waals surface area contributed by atoms with Crippen LogP contribution in [0.3, 0.4) is 0 Å². The highest BCUT2D eigenvalue weighted by atomic mass is 16.5. The molecule has 0 saturated carbocycles. The van der Waals surface area contributed by atoms with E-state index >= 15 is 0 Å². The molecule has 1 amide bonds. The summed E-state index contributed by atoms with van der Waals surface area (Å²) >= 11 is 0. The molecule has 0 bridgehead atoms. The lowest BCUT2D eigenvalue weighted by molar-refractivity contribution is 0.0117. The van der Waals surface area contributed by atoms with Gasteiger partial charge in [-0.3, -0.25) is 9.69 Å². The number of anilines is 1. The molecule has 0 radical (unpaired) electrons. The van der Waals surface area contributed by atoms with Crippen LogP contribution >= 0.6 is 0 Å². The highest BCUT2D eigenvalue weighted by molar-refractivity contribution is 5.94. The zero-order valence-electron chi connectivity index (χ0n) is 17.8. The van der Waals surface area contributed by atoms with Crippen LogP contribution in [0.2, 0.25) is 0 Å². The summed E-state index contributed by atoms with van der Waals surface area (Å²) < 4.78 is 11.3. The predicted molar refractivity (Wildman–Crippen MR) is 116 cm³/mol. The molecule has 1 unspecified atom stereocenters. The van der Waals surface area contributed by atoms with Crippen molar-refractivity contribution >= 4 is 11.6 Å². The van der Waals surface area contributed by atoms with Crippen LogP contribution in [0.5, 0.6) is 0 Å². The number of unbranched alkanes of at least 4 members (excludes halogenated alkanes) is 1. The fourth-order valence-corrected chi connectivity index (χ4v) is 3.61. The number of carbonyl (C=O) groups excluding carboxylic acids is 1. The molecule has 29 heavy (non-hydrogen) atoms. The summed E-state index contributed by atoms with van der Waals surface area (Å²) in [6, 6.07) is 11.8. The number of hydrogen-bond acceptors (Lipinski definition) is 5. The first-order chi connectivity index (χ1) is 14.1. The van der Waals surface area contributed by atoms with E-state index in [1.807, 2.05) is 43.3 Å². The number of ether oxygens (including phenoxy) is 1. The molecule has 1 aromatic carbocycles. The summed E-state index contributed by atoms with van der Waals surface area (Å²) in [4.78, 5) is 17.3. The van der Waals surface area contributed by atoms with Crippen molar-refractivity contribution < 1.29 is 13.9 Å². The SMILES string of the molecule is CCCCN(C)c1ccc(C(=O)NCC(c2ccc(C)o2)N2CCOCC2)cc1. The van der Waals surface area contributed by atoms with E-state index in [2.05, 4.69) is 29.1 Å². The van der Waals surface area contributed by atoms with Gasteiger partial charge in [0.15, 0.2) is 0 Å². The fourth-order valence-electron chi connectivity index (χ4n) is 3.61. The van der Waals surface area contributed by atoms with E-state index in [-0.39, 0.29) is 11.9 Å². The van der Waals surface area contributed by atoms with Crippen LogP contribution < -0.4 is 10.2 Å². The van der Waals surface area contributed by atoms with Crippen molar-refractivity contribution in [3.8, 4) is 0 Å². The number of nitrogens with zero attached hydrogens (tertiary/aromatic N) is 2. The first-order valence-electron chi connectivity index (χ1n) is 10.6. The quantitative estimate of drug-likeness (QED) is 0.698. The third kappa shape index (κ3) is 5.84. The van der Waals surface area contributed by atoms with E-state index in [1.54, 1.807) is 0 Å². The maximum Gasteiger partial charge on any atom is 0.251 e. The second-order valence-corrected chi connectivity index (χ2v) is 7.64. The summed E-state index contributed by atoms with van der Waals surface area (Å²) in [6.07, 6.45) is 2.33. The zero-order chi connectivity index (χ0) is 20.6. The Morgan fingerprint density at radius 2 is 1.90 bits per heavy atom. The third-order valence-corrected chi connectivity index (χ3v) is 5.45. The van der Waals surface area contributed by atoms with Gasteiger partial charge in [-0.2, -0.15) is 0 Å². The molecule has 1 aliphatic rings. The van der Waals surface area contributed by atoms with Crippen molar-refractivity contribution in [3.05, 3.63) is 53.5 Å². The minimum Gasteiger partial charge on any atom is -0.465 e. The highest BCUT2D eigenvalue weighted by Gasteiger charge is 2.25. The van der Waals surface area contributed by atoms with Gasteiger partial charge in [-0.05, 0) is 49.7 Å². The van der Waals surface area contributed by atoms with Crippen molar-refractivity contribution in [2.75, 3.05) is 51.3 Å². The topological polar surface area (TPSA) is 58.0 Å². The Morgan fingerprint density at radius 1 is 1.17 bits per heavy atom. The zero-order valence-corrected chi connectivity index (χ0v) is 17.8. The summed E-state index contributed by atoms with van der Waals surface area (Å²) in [5, 5.41) is 3.09. The number of carbonyl (C=O) groups is 1. The van der Waals surface area contributed by atoms with Gasteiger partial charge in [0.25, 0.3) is 5.91 Å². The van der Waals surface area contributed by atoms with E-state index in [9.17, 15) is 4.79 Å². The average Bonchev–Trinajstić information content (AvgIpc) is 3.18. The smallest absolute Gasteiger partial charge is 0.251 e. The van der Waals surface area contributed by atoms with Crippen LogP contribution in [-0.2, 0) is 4.74 Å². The van der Waals surface area contributed by atoms with Crippen molar-refractivity contribution in [2.45, 2.75) is 32.7 Å². The number of furan rings is 1. The number of amides is 1. The molecule has 0 spiro atoms. The van der Waals surface area contributed by atoms with Gasteiger partial charge in [0.05, 0.1) is 19.3 Å². The molecule has 1 fully saturated rings. The van der Waals surface area contributed by atoms with Crippen molar-refractivity contribution in [3.63, 3.8) is 0 Å². The summed E-state index contributed by atoms with van der Waals surface area (Å²) in [7, 11) is 2.09. The second kappa shape index (κ2) is 10.5. The third-order valence-electron chi connectivity index (χ3n) is 5.45. The van der Waals surface area contributed by atoms with Crippen molar-refractivity contribution in [1.82, 2.24) is 10.2 Å². The fraction of sp³-hybridized carbons (Fsp3) is 0.522. The van der Waals surface area contributed by atoms with Crippen LogP contribution in [-0.4, -0.2) is 57.2 Å². The van der Waals surface area contributed by atoms with Crippen LogP contribution in [0.1, 0.15) is 47.7 Å². The largest absolute Gasteiger partial charge is 0.465 e. The van der Waals surface area contributed by atoms with Crippen LogP contribution in [0.25, 0.3) is 0 Å². The Labute approximate surface area is 173 Å². The standard InChI is InChI=1S/C23H33N3O3/c1-4-5-12-25(3)20-9-7-19(8-10-20)23(27)24-17-21(22-11-6-18(2)29-22)26-13-15-28-16-14-26/h6-11,21H,4-5,12-17H2,1-3H3,(H,24,27). The molecule has 6 heteroatoms. The number of benzene rings is 1. The average molecular weight is 400 g/mol. The van der Waals surface area contributed by atoms with E-state index in [4.69, 9.17) is 9.15 Å².